The zero-order chi connectivity index (χ0) is 32.4. The van der Waals surface area contributed by atoms with Gasteiger partial charge in [0.15, 0.2) is 0 Å². The van der Waals surface area contributed by atoms with E-state index in [1.807, 2.05) is 0 Å². The number of aryl methyl sites for hydroxylation is 4. The van der Waals surface area contributed by atoms with Crippen molar-refractivity contribution in [1.29, 1.82) is 0 Å². The Labute approximate surface area is 336 Å². The van der Waals surface area contributed by atoms with E-state index in [0.717, 1.165) is 49.9 Å². The van der Waals surface area contributed by atoms with Gasteiger partial charge in [-0.3, -0.25) is 20.3 Å². The van der Waals surface area contributed by atoms with Gasteiger partial charge >= 0.3 is 42.1 Å². The molecule has 14 heteroatoms. The fraction of sp³-hybridized carbons (Fsp3) is 0.263. The number of rotatable bonds is 11. The Balaban J connectivity index is -0.00000188. The average Bonchev–Trinajstić information content (AvgIpc) is 3.81. The summed E-state index contributed by atoms with van der Waals surface area (Å²) in [7, 11) is 0. The van der Waals surface area contributed by atoms with Crippen molar-refractivity contribution in [1.82, 2.24) is 30.8 Å². The van der Waals surface area contributed by atoms with Crippen molar-refractivity contribution in [3.8, 4) is 11.1 Å². The zero-order valence-corrected chi connectivity index (χ0v) is 31.7. The van der Waals surface area contributed by atoms with Crippen molar-refractivity contribution in [2.75, 3.05) is 0 Å². The fourth-order valence-corrected chi connectivity index (χ4v) is 4.93. The molecular weight excluding hydrogens is 992 g/mol. The first-order valence-corrected chi connectivity index (χ1v) is 14.5. The van der Waals surface area contributed by atoms with E-state index < -0.39 is 0 Å². The second-order valence-corrected chi connectivity index (χ2v) is 10.4. The van der Waals surface area contributed by atoms with Crippen LogP contribution in [-0.2, 0) is 80.7 Å². The minimum Gasteiger partial charge on any atom is -0.373 e. The normalized spacial score (nSPS) is 8.85. The van der Waals surface area contributed by atoms with E-state index in [0.29, 0.717) is 0 Å². The van der Waals surface area contributed by atoms with Gasteiger partial charge in [0.05, 0.1) is 0 Å². The molecule has 0 amide bonds. The summed E-state index contributed by atoms with van der Waals surface area (Å²) in [6, 6.07) is 35.6. The smallest absolute Gasteiger partial charge is 0.373 e. The minimum absolute atomic E-state index is 0. The fourth-order valence-electron chi connectivity index (χ4n) is 4.93. The molecular formula is C38H46N12W2. The van der Waals surface area contributed by atoms with Crippen molar-refractivity contribution >= 4 is 0 Å². The molecule has 0 aliphatic carbocycles. The van der Waals surface area contributed by atoms with Crippen LogP contribution >= 0.6 is 0 Å². The Hall–Kier alpha value is -4.84. The Bertz CT molecular complexity index is 1660. The van der Waals surface area contributed by atoms with Crippen LogP contribution in [0.4, 0.5) is 0 Å². The van der Waals surface area contributed by atoms with Crippen molar-refractivity contribution < 1.29 is 42.1 Å². The number of hydrogen-bond donors (Lipinski definition) is 0. The van der Waals surface area contributed by atoms with Gasteiger partial charge in [0.25, 0.3) is 0 Å². The molecule has 0 aliphatic heterocycles. The molecule has 0 N–H and O–H groups in total. The van der Waals surface area contributed by atoms with Gasteiger partial charge in [-0.25, -0.2) is 0 Å². The summed E-state index contributed by atoms with van der Waals surface area (Å²) in [6.45, 7) is 0. The van der Waals surface area contributed by atoms with E-state index in [-0.39, 0.29) is 71.8 Å². The number of benzene rings is 4. The van der Waals surface area contributed by atoms with Gasteiger partial charge in [0, 0.05) is 0 Å². The predicted octanol–water partition coefficient (Wildman–Crippen LogP) is 9.87. The van der Waals surface area contributed by atoms with Crippen molar-refractivity contribution in [3.05, 3.63) is 186 Å². The monoisotopic (exact) mass is 1040 g/mol. The summed E-state index contributed by atoms with van der Waals surface area (Å²) in [6.07, 6.45) is 8.95. The Morgan fingerprint density at radius 2 is 0.654 bits per heavy atom. The van der Waals surface area contributed by atoms with Crippen LogP contribution in [0.15, 0.2) is 109 Å². The molecule has 0 atom stereocenters. The van der Waals surface area contributed by atoms with Crippen molar-refractivity contribution in [2.45, 2.75) is 68.2 Å². The van der Waals surface area contributed by atoms with E-state index in [9.17, 15) is 0 Å². The maximum atomic E-state index is 6.75. The molecule has 0 spiro atoms. The van der Waals surface area contributed by atoms with Crippen LogP contribution in [0.3, 0.4) is 0 Å². The van der Waals surface area contributed by atoms with Crippen LogP contribution in [0, 0.1) is 0 Å². The molecule has 270 valence electrons. The summed E-state index contributed by atoms with van der Waals surface area (Å²) < 4.78 is 0. The molecule has 6 rings (SSSR count). The Morgan fingerprint density at radius 1 is 0.404 bits per heavy atom. The molecule has 0 radical (unpaired) electrons. The molecule has 52 heavy (non-hydrogen) atoms. The first-order chi connectivity index (χ1) is 22.6. The zero-order valence-electron chi connectivity index (χ0n) is 25.8. The molecule has 0 fully saturated rings. The number of aromatic nitrogens is 6. The third-order valence-corrected chi connectivity index (χ3v) is 7.31. The quantitative estimate of drug-likeness (QED) is 0.0703. The minimum atomic E-state index is 0. The van der Waals surface area contributed by atoms with Crippen LogP contribution in [-0.4, -0.2) is 20.6 Å². The molecule has 2 aromatic heterocycles. The third-order valence-electron chi connectivity index (χ3n) is 7.31. The maximum Gasteiger partial charge on any atom is 2.00 e. The van der Waals surface area contributed by atoms with Gasteiger partial charge in [-0.05, 0) is 83.0 Å². The molecule has 0 aliphatic rings. The largest absolute Gasteiger partial charge is 2.00 e. The Kier molecular flexibility index (Phi) is 28.5. The third kappa shape index (κ3) is 17.4. The standard InChI is InChI=1S/C34H30N6.4CH4.2N3.2W/c1-5-27(6-2-25(1)13-19-33-23-35-39-37-33)21-29-9-15-31(16-10-29)32-17-11-30(12-18-32)22-28-7-3-26(4-8-28)14-20-34-24-36-40-38-34;;;;;2*1-3-2;;/h1-12,15-18,23-24H,13-14,19-22H2;4*1H4;;;;/q-2;;;;;2*-1;2*+2. The van der Waals surface area contributed by atoms with E-state index in [2.05, 4.69) is 128 Å². The SMILES string of the molecule is C.C.C.C.[N-]=[N+]=[N-].[N-]=[N+]=[N-].[W+2].[W+2].c1cc(Cc2ccc(-c3ccc(Cc4ccc(CCc5c[n-]nn5)cc4)cc3)cc2)ccc1CCc1c[n-]nn1. The topological polar surface area (TPSA) is 197 Å². The van der Waals surface area contributed by atoms with Crippen LogP contribution < -0.4 is 10.2 Å². The van der Waals surface area contributed by atoms with Gasteiger partial charge in [0.2, 0.25) is 0 Å². The molecule has 0 saturated carbocycles. The van der Waals surface area contributed by atoms with E-state index in [4.69, 9.17) is 22.1 Å². The van der Waals surface area contributed by atoms with E-state index >= 15 is 0 Å². The summed E-state index contributed by atoms with van der Waals surface area (Å²) in [5, 5.41) is 22.9. The van der Waals surface area contributed by atoms with Gasteiger partial charge in [-0.1, -0.05) is 151 Å². The van der Waals surface area contributed by atoms with Crippen LogP contribution in [0.5, 0.6) is 0 Å². The van der Waals surface area contributed by atoms with E-state index in [1.165, 1.54) is 54.3 Å². The molecule has 6 aromatic rings. The van der Waals surface area contributed by atoms with E-state index in [1.54, 1.807) is 12.4 Å². The predicted molar refractivity (Wildman–Crippen MR) is 203 cm³/mol. The summed E-state index contributed by atoms with van der Waals surface area (Å²) in [5.41, 5.74) is 39.2. The second-order valence-electron chi connectivity index (χ2n) is 10.4. The average molecular weight is 1040 g/mol. The van der Waals surface area contributed by atoms with Crippen LogP contribution in [0.2, 0.25) is 0 Å². The number of hydrogen-bond acceptors (Lipinski definition) is 4. The first kappa shape index (κ1) is 51.5. The Morgan fingerprint density at radius 3 is 0.904 bits per heavy atom. The molecule has 12 nitrogen and oxygen atoms in total. The van der Waals surface area contributed by atoms with Gasteiger partial charge < -0.3 is 42.5 Å². The van der Waals surface area contributed by atoms with Gasteiger partial charge in [0.1, 0.15) is 0 Å². The molecule has 2 heterocycles. The molecule has 0 saturated heterocycles. The van der Waals surface area contributed by atoms with Gasteiger partial charge in [-0.15, -0.1) is 0 Å². The molecule has 0 bridgehead atoms. The van der Waals surface area contributed by atoms with Gasteiger partial charge in [-0.2, -0.15) is 0 Å². The van der Waals surface area contributed by atoms with Crippen LogP contribution in [0.25, 0.3) is 43.1 Å². The van der Waals surface area contributed by atoms with Crippen molar-refractivity contribution in [2.24, 2.45) is 0 Å². The molecule has 0 unspecified atom stereocenters. The van der Waals surface area contributed by atoms with Crippen LogP contribution in [0.1, 0.15) is 74.5 Å². The number of nitrogens with zero attached hydrogens (tertiary/aromatic N) is 12. The summed E-state index contributed by atoms with van der Waals surface area (Å²) in [4.78, 5) is 3.00. The summed E-state index contributed by atoms with van der Waals surface area (Å²) in [5.74, 6) is 0. The second kappa shape index (κ2) is 28.8. The first-order valence-electron chi connectivity index (χ1n) is 14.5. The maximum absolute atomic E-state index is 6.75. The van der Waals surface area contributed by atoms with Crippen molar-refractivity contribution in [3.63, 3.8) is 0 Å². The summed E-state index contributed by atoms with van der Waals surface area (Å²) >= 11 is 0. The molecule has 4 aromatic carbocycles.